The van der Waals surface area contributed by atoms with Gasteiger partial charge in [-0.15, -0.1) is 0 Å². The first-order chi connectivity index (χ1) is 49.1. The van der Waals surface area contributed by atoms with E-state index in [1.165, 1.54) is 148 Å². The zero-order valence-electron chi connectivity index (χ0n) is 62.6. The zero-order valence-corrected chi connectivity index (χ0v) is 62.6. The van der Waals surface area contributed by atoms with Crippen LogP contribution in [0.3, 0.4) is 0 Å². The third-order valence-electron chi connectivity index (χ3n) is 18.5. The molecule has 12 unspecified atom stereocenters. The molecule has 14 nitrogen and oxygen atoms in total. The molecule has 1 amide bonds. The van der Waals surface area contributed by atoms with Crippen molar-refractivity contribution in [2.75, 3.05) is 19.8 Å². The molecule has 0 aromatic heterocycles. The lowest BCUT2D eigenvalue weighted by atomic mass is 9.97. The van der Waals surface area contributed by atoms with Crippen LogP contribution < -0.4 is 5.32 Å². The van der Waals surface area contributed by atoms with Crippen molar-refractivity contribution in [2.24, 2.45) is 0 Å². The second kappa shape index (κ2) is 68.0. The average Bonchev–Trinajstić information content (AvgIpc) is 0.791. The van der Waals surface area contributed by atoms with Crippen molar-refractivity contribution in [1.82, 2.24) is 5.32 Å². The third kappa shape index (κ3) is 50.3. The monoisotopic (exact) mass is 1400 g/mol. The maximum Gasteiger partial charge on any atom is 0.220 e. The highest BCUT2D eigenvalue weighted by molar-refractivity contribution is 5.76. The number of ether oxygens (including phenoxy) is 4. The molecule has 0 radical (unpaired) electrons. The standard InChI is InChI=1S/C86H145NO13/c1-3-5-7-9-11-13-15-17-19-21-23-25-27-29-31-33-35-37-39-41-43-45-47-49-51-53-55-57-59-61-63-65-67-69-75(90)74(73-97-85-83(96)81(94)84(77(72-89)99-85)100-86-82(95)80(93)79(92)76(71-88)98-86)87-78(91)70-68-66-64-62-60-58-56-54-52-50-48-46-44-42-40-38-36-34-32-30-28-26-24-22-20-18-16-14-12-10-8-6-4-2/h6,8,12,14,18,20,24,26,30,32,36,38,42,44,48,50-51,53-54,56,59,61,67,69,74-77,79-86,88-90,92-96H,3-5,7,9-11,13,15-17,19,21-23,25,27-29,31,33-35,37,39-41,43,45-47,49,52,55,57-58,60,62-66,68,70-73H2,1-2H3,(H,87,91)/b8-6-,14-12-,20-18-,26-24-,32-30-,38-36-,44-42-,50-48-,53-51+,56-54-,61-59+,69-67+. The van der Waals surface area contributed by atoms with Gasteiger partial charge in [0.05, 0.1) is 32.0 Å². The van der Waals surface area contributed by atoms with E-state index in [1.54, 1.807) is 6.08 Å². The number of aliphatic hydroxyl groups excluding tert-OH is 8. The van der Waals surface area contributed by atoms with Gasteiger partial charge in [-0.25, -0.2) is 0 Å². The zero-order chi connectivity index (χ0) is 72.2. The molecule has 2 heterocycles. The van der Waals surface area contributed by atoms with Crippen molar-refractivity contribution in [3.05, 3.63) is 146 Å². The number of hydrogen-bond donors (Lipinski definition) is 9. The summed E-state index contributed by atoms with van der Waals surface area (Å²) < 4.78 is 22.9. The van der Waals surface area contributed by atoms with Gasteiger partial charge in [0.15, 0.2) is 12.6 Å². The number of nitrogens with one attached hydrogen (secondary N) is 1. The lowest BCUT2D eigenvalue weighted by Gasteiger charge is -2.46. The maximum absolute atomic E-state index is 13.4. The van der Waals surface area contributed by atoms with Crippen LogP contribution in [0.2, 0.25) is 0 Å². The summed E-state index contributed by atoms with van der Waals surface area (Å²) in [5.41, 5.74) is 0. The minimum absolute atomic E-state index is 0.237. The number of amides is 1. The van der Waals surface area contributed by atoms with Crippen LogP contribution in [-0.4, -0.2) is 140 Å². The Kier molecular flexibility index (Phi) is 62.5. The minimum atomic E-state index is -1.80. The van der Waals surface area contributed by atoms with Crippen LogP contribution in [0.5, 0.6) is 0 Å². The predicted molar refractivity (Wildman–Crippen MR) is 414 cm³/mol. The average molecular weight is 1400 g/mol. The summed E-state index contributed by atoms with van der Waals surface area (Å²) in [6.07, 6.45) is 86.4. The largest absolute Gasteiger partial charge is 0.394 e. The fraction of sp³-hybridized carbons (Fsp3) is 0.709. The topological polar surface area (TPSA) is 228 Å². The van der Waals surface area contributed by atoms with Gasteiger partial charge < -0.3 is 65.1 Å². The van der Waals surface area contributed by atoms with Crippen molar-refractivity contribution in [2.45, 2.75) is 370 Å². The Balaban J connectivity index is 1.68. The molecule has 0 bridgehead atoms. The number of carbonyl (C=O) groups excluding carboxylic acids is 1. The predicted octanol–water partition coefficient (Wildman–Crippen LogP) is 18.4. The number of carbonyl (C=O) groups is 1. The number of aliphatic hydroxyl groups is 8. The van der Waals surface area contributed by atoms with E-state index >= 15 is 0 Å². The number of hydrogen-bond acceptors (Lipinski definition) is 13. The molecular weight excluding hydrogens is 1250 g/mol. The number of allylic oxidation sites excluding steroid dienone is 23. The Morgan fingerprint density at radius 2 is 0.700 bits per heavy atom. The van der Waals surface area contributed by atoms with Gasteiger partial charge in [0.1, 0.15) is 48.8 Å². The normalized spacial score (nSPS) is 22.7. The Bertz CT molecular complexity index is 2250. The molecule has 9 N–H and O–H groups in total. The van der Waals surface area contributed by atoms with Crippen molar-refractivity contribution in [1.29, 1.82) is 0 Å². The molecule has 572 valence electrons. The smallest absolute Gasteiger partial charge is 0.220 e. The summed E-state index contributed by atoms with van der Waals surface area (Å²) in [4.78, 5) is 13.4. The summed E-state index contributed by atoms with van der Waals surface area (Å²) in [5.74, 6) is -0.276. The van der Waals surface area contributed by atoms with Crippen LogP contribution in [0.25, 0.3) is 0 Å². The Morgan fingerprint density at radius 1 is 0.370 bits per heavy atom. The van der Waals surface area contributed by atoms with E-state index < -0.39 is 86.8 Å². The van der Waals surface area contributed by atoms with Crippen molar-refractivity contribution >= 4 is 5.91 Å². The van der Waals surface area contributed by atoms with Crippen LogP contribution in [0.15, 0.2) is 146 Å². The molecule has 2 saturated heterocycles. The van der Waals surface area contributed by atoms with E-state index in [9.17, 15) is 45.6 Å². The van der Waals surface area contributed by atoms with E-state index in [-0.39, 0.29) is 18.9 Å². The Morgan fingerprint density at radius 3 is 1.10 bits per heavy atom. The molecule has 2 aliphatic heterocycles. The van der Waals surface area contributed by atoms with Gasteiger partial charge in [-0.1, -0.05) is 320 Å². The summed E-state index contributed by atoms with van der Waals surface area (Å²) in [6.45, 7) is 2.67. The molecule has 14 heteroatoms. The van der Waals surface area contributed by atoms with Crippen molar-refractivity contribution in [3.63, 3.8) is 0 Å². The SMILES string of the molecule is CC/C=C\C/C=C\C/C=C\C/C=C\C/C=C\C/C=C\C/C=C\C/C=C\C/C=C\CCCCCCCC(=O)NC(COC1OC(CO)C(OC2OC(CO)C(O)C(O)C2O)C(O)C1O)C(O)/C=C/CC/C=C/CC/C=C/CCCCCCCCCCCCCCCCCCCCCCCCC. The Hall–Kier alpha value is -4.13. The molecular formula is C86H145NO13. The second-order valence-corrected chi connectivity index (χ2v) is 27.4. The highest BCUT2D eigenvalue weighted by Gasteiger charge is 2.51. The lowest BCUT2D eigenvalue weighted by Crippen LogP contribution is -2.65. The van der Waals surface area contributed by atoms with Crippen molar-refractivity contribution in [3.8, 4) is 0 Å². The first-order valence-corrected chi connectivity index (χ1v) is 40.1. The number of unbranched alkanes of at least 4 members (excludes halogenated alkanes) is 30. The van der Waals surface area contributed by atoms with E-state index in [0.29, 0.717) is 12.8 Å². The quantitative estimate of drug-likeness (QED) is 0.0204. The van der Waals surface area contributed by atoms with Gasteiger partial charge in [0.25, 0.3) is 0 Å². The fourth-order valence-electron chi connectivity index (χ4n) is 12.2. The first-order valence-electron chi connectivity index (χ1n) is 40.1. The molecule has 2 fully saturated rings. The highest BCUT2D eigenvalue weighted by Crippen LogP contribution is 2.30. The van der Waals surface area contributed by atoms with E-state index in [2.05, 4.69) is 153 Å². The lowest BCUT2D eigenvalue weighted by molar-refractivity contribution is -0.359. The minimum Gasteiger partial charge on any atom is -0.394 e. The molecule has 100 heavy (non-hydrogen) atoms. The van der Waals surface area contributed by atoms with Gasteiger partial charge in [0, 0.05) is 6.42 Å². The van der Waals surface area contributed by atoms with Crippen molar-refractivity contribution < 1.29 is 64.6 Å². The van der Waals surface area contributed by atoms with Crippen LogP contribution in [-0.2, 0) is 23.7 Å². The summed E-state index contributed by atoms with van der Waals surface area (Å²) >= 11 is 0. The van der Waals surface area contributed by atoms with E-state index in [1.807, 2.05) is 6.08 Å². The van der Waals surface area contributed by atoms with Gasteiger partial charge in [-0.2, -0.15) is 0 Å². The van der Waals surface area contributed by atoms with Crippen LogP contribution in [0.4, 0.5) is 0 Å². The molecule has 0 aliphatic carbocycles. The molecule has 12 atom stereocenters. The maximum atomic E-state index is 13.4. The van der Waals surface area contributed by atoms with Gasteiger partial charge in [-0.05, 0) is 116 Å². The third-order valence-corrected chi connectivity index (χ3v) is 18.5. The van der Waals surface area contributed by atoms with E-state index in [0.717, 1.165) is 116 Å². The summed E-state index contributed by atoms with van der Waals surface area (Å²) in [6, 6.07) is -0.963. The molecule has 0 spiro atoms. The van der Waals surface area contributed by atoms with Gasteiger partial charge in [0.2, 0.25) is 5.91 Å². The van der Waals surface area contributed by atoms with E-state index in [4.69, 9.17) is 18.9 Å². The highest BCUT2D eigenvalue weighted by atomic mass is 16.7. The molecule has 0 aromatic rings. The van der Waals surface area contributed by atoms with Crippen LogP contribution in [0.1, 0.15) is 296 Å². The first kappa shape index (κ1) is 92.0. The molecule has 0 saturated carbocycles. The fourth-order valence-corrected chi connectivity index (χ4v) is 12.2. The summed E-state index contributed by atoms with van der Waals surface area (Å²) in [7, 11) is 0. The molecule has 2 rings (SSSR count). The molecule has 0 aromatic carbocycles. The second-order valence-electron chi connectivity index (χ2n) is 27.4. The summed E-state index contributed by atoms with van der Waals surface area (Å²) in [5, 5.41) is 87.6. The molecule has 2 aliphatic rings. The van der Waals surface area contributed by atoms with Crippen LogP contribution >= 0.6 is 0 Å². The van der Waals surface area contributed by atoms with Gasteiger partial charge >= 0.3 is 0 Å². The Labute approximate surface area is 608 Å². The van der Waals surface area contributed by atoms with Crippen LogP contribution in [0, 0.1) is 0 Å². The number of rotatable bonds is 65. The van der Waals surface area contributed by atoms with Gasteiger partial charge in [-0.3, -0.25) is 4.79 Å².